The van der Waals surface area contributed by atoms with E-state index in [1.165, 1.54) is 6.34 Å². The van der Waals surface area contributed by atoms with Crippen LogP contribution in [0.25, 0.3) is 10.9 Å². The van der Waals surface area contributed by atoms with Crippen LogP contribution in [0.15, 0.2) is 57.7 Å². The maximum Gasteiger partial charge on any atom is 0.264 e. The number of benzene rings is 2. The molecule has 5 rings (SSSR count). The number of anilines is 1. The number of carbonyl (C=O) groups excluding carboxylic acids is 1. The van der Waals surface area contributed by atoms with Gasteiger partial charge in [0.25, 0.3) is 21.5 Å². The quantitative estimate of drug-likeness (QED) is 0.347. The summed E-state index contributed by atoms with van der Waals surface area (Å²) in [5.74, 6) is -0.473. The van der Waals surface area contributed by atoms with Gasteiger partial charge < -0.3 is 19.7 Å². The van der Waals surface area contributed by atoms with Crippen molar-refractivity contribution in [3.05, 3.63) is 75.6 Å². The van der Waals surface area contributed by atoms with E-state index in [0.717, 1.165) is 16.6 Å². The first-order chi connectivity index (χ1) is 18.1. The van der Waals surface area contributed by atoms with E-state index in [-0.39, 0.29) is 17.7 Å². The summed E-state index contributed by atoms with van der Waals surface area (Å²) in [4.78, 5) is 30.0. The second-order valence-electron chi connectivity index (χ2n) is 9.99. The predicted molar refractivity (Wildman–Crippen MR) is 146 cm³/mol. The second-order valence-corrected chi connectivity index (χ2v) is 12.0. The molecule has 1 aliphatic carbocycles. The highest BCUT2D eigenvalue weighted by Crippen LogP contribution is 2.46. The Balaban J connectivity index is 1.42. The molecule has 196 valence electrons. The Morgan fingerprint density at radius 2 is 1.92 bits per heavy atom. The lowest BCUT2D eigenvalue weighted by Gasteiger charge is -2.34. The van der Waals surface area contributed by atoms with Gasteiger partial charge in [-0.25, -0.2) is 8.42 Å². The van der Waals surface area contributed by atoms with Gasteiger partial charge in [-0.3, -0.25) is 9.59 Å². The molecule has 1 aliphatic heterocycles. The van der Waals surface area contributed by atoms with Gasteiger partial charge in [-0.2, -0.15) is 9.66 Å². The minimum Gasteiger partial charge on any atom is -0.368 e. The number of hydrogen-bond donors (Lipinski definition) is 1. The van der Waals surface area contributed by atoms with Gasteiger partial charge in [0.2, 0.25) is 0 Å². The molecule has 0 spiro atoms. The molecule has 0 unspecified atom stereocenters. The summed E-state index contributed by atoms with van der Waals surface area (Å²) in [7, 11) is -0.255. The summed E-state index contributed by atoms with van der Waals surface area (Å²) in [6, 6.07) is 16.1. The smallest absolute Gasteiger partial charge is 0.264 e. The van der Waals surface area contributed by atoms with Gasteiger partial charge >= 0.3 is 0 Å². The number of nitrogens with one attached hydrogen (secondary N) is 1. The molecule has 2 aromatic carbocycles. The topological polar surface area (TPSA) is 128 Å². The number of hydrogen-bond acceptors (Lipinski definition) is 6. The number of pyridine rings is 1. The van der Waals surface area contributed by atoms with Crippen molar-refractivity contribution >= 4 is 38.9 Å². The number of carbonyl (C=O) groups is 1. The predicted octanol–water partition coefficient (Wildman–Crippen LogP) is 2.08. The molecule has 2 heterocycles. The fourth-order valence-corrected chi connectivity index (χ4v) is 6.26. The normalized spacial score (nSPS) is 15.9. The van der Waals surface area contributed by atoms with E-state index in [2.05, 4.69) is 15.8 Å². The molecule has 0 saturated heterocycles. The highest BCUT2D eigenvalue weighted by molar-refractivity contribution is 7.92. The number of aromatic nitrogens is 1. The standard InChI is InChI=1S/C27H28N6O4S/c1-31(2)18-30-38(36,37)27(10-11-27)17-32-12-13-33-24-21(4-3-5-23(24)32)14-22(26(33)35)25(34)29-16-20-8-6-19(15-28)7-9-20/h3-9,14,18H,10-13,16-17H2,1-2H3,(H,29,34)/b30-18+. The largest absolute Gasteiger partial charge is 0.368 e. The molecule has 11 heteroatoms. The molecule has 2 aliphatic rings. The molecule has 38 heavy (non-hydrogen) atoms. The molecule has 1 aromatic heterocycles. The summed E-state index contributed by atoms with van der Waals surface area (Å²) in [6.45, 7) is 1.29. The number of nitrogens with zero attached hydrogens (tertiary/aromatic N) is 5. The Morgan fingerprint density at radius 3 is 2.58 bits per heavy atom. The van der Waals surface area contributed by atoms with Gasteiger partial charge in [-0.15, -0.1) is 0 Å². The lowest BCUT2D eigenvalue weighted by Crippen LogP contribution is -2.44. The molecule has 1 N–H and O–H groups in total. The molecule has 10 nitrogen and oxygen atoms in total. The van der Waals surface area contributed by atoms with Crippen LogP contribution in [-0.4, -0.2) is 62.1 Å². The van der Waals surface area contributed by atoms with Crippen molar-refractivity contribution in [3.8, 4) is 6.07 Å². The molecule has 1 saturated carbocycles. The number of amides is 1. The number of para-hydroxylation sites is 1. The molecule has 0 radical (unpaired) electrons. The van der Waals surface area contributed by atoms with Crippen molar-refractivity contribution in [2.75, 3.05) is 32.1 Å². The van der Waals surface area contributed by atoms with Crippen molar-refractivity contribution in [3.63, 3.8) is 0 Å². The molecule has 1 amide bonds. The summed E-state index contributed by atoms with van der Waals surface area (Å²) < 4.78 is 30.5. The highest BCUT2D eigenvalue weighted by Gasteiger charge is 2.56. The highest BCUT2D eigenvalue weighted by atomic mass is 32.2. The zero-order chi connectivity index (χ0) is 27.1. The lowest BCUT2D eigenvalue weighted by atomic mass is 10.1. The van der Waals surface area contributed by atoms with E-state index in [1.807, 2.05) is 23.1 Å². The van der Waals surface area contributed by atoms with Crippen LogP contribution >= 0.6 is 0 Å². The molecular formula is C27H28N6O4S. The van der Waals surface area contributed by atoms with Crippen molar-refractivity contribution in [1.29, 1.82) is 5.26 Å². The van der Waals surface area contributed by atoms with Crippen molar-refractivity contribution in [2.24, 2.45) is 4.40 Å². The van der Waals surface area contributed by atoms with Crippen molar-refractivity contribution in [2.45, 2.75) is 30.7 Å². The number of sulfonamides is 1. The molecule has 1 fully saturated rings. The van der Waals surface area contributed by atoms with Crippen molar-refractivity contribution in [1.82, 2.24) is 14.8 Å². The maximum atomic E-state index is 13.4. The third-order valence-corrected chi connectivity index (χ3v) is 9.06. The molecule has 0 atom stereocenters. The zero-order valence-corrected chi connectivity index (χ0v) is 22.0. The fraction of sp³-hybridized carbons (Fsp3) is 0.333. The zero-order valence-electron chi connectivity index (χ0n) is 21.2. The molecule has 0 bridgehead atoms. The first-order valence-corrected chi connectivity index (χ1v) is 13.7. The van der Waals surface area contributed by atoms with E-state index in [1.54, 1.807) is 53.9 Å². The average Bonchev–Trinajstić information content (AvgIpc) is 3.70. The summed E-state index contributed by atoms with van der Waals surface area (Å²) >= 11 is 0. The van der Waals surface area contributed by atoms with Crippen LogP contribution in [0.2, 0.25) is 0 Å². The van der Waals surface area contributed by atoms with Crippen molar-refractivity contribution < 1.29 is 13.2 Å². The number of nitriles is 1. The van der Waals surface area contributed by atoms with E-state index in [4.69, 9.17) is 5.26 Å². The van der Waals surface area contributed by atoms with Crippen LogP contribution in [-0.2, 0) is 23.1 Å². The maximum absolute atomic E-state index is 13.4. The van der Waals surface area contributed by atoms with Crippen LogP contribution in [0.1, 0.15) is 34.3 Å². The Kier molecular flexibility index (Phi) is 6.44. The summed E-state index contributed by atoms with van der Waals surface area (Å²) in [5, 5.41) is 12.5. The lowest BCUT2D eigenvalue weighted by molar-refractivity contribution is 0.0949. The van der Waals surface area contributed by atoms with Crippen LogP contribution in [0.3, 0.4) is 0 Å². The third-order valence-electron chi connectivity index (χ3n) is 7.06. The van der Waals surface area contributed by atoms with E-state index in [9.17, 15) is 18.0 Å². The Hall–Kier alpha value is -4.17. The second kappa shape index (κ2) is 9.61. The van der Waals surface area contributed by atoms with Gasteiger partial charge in [-0.05, 0) is 42.7 Å². The third kappa shape index (κ3) is 4.63. The minimum absolute atomic E-state index is 0.0519. The number of rotatable bonds is 8. The van der Waals surface area contributed by atoms with Crippen LogP contribution in [0.4, 0.5) is 5.69 Å². The van der Waals surface area contributed by atoms with Crippen LogP contribution in [0, 0.1) is 11.3 Å². The first kappa shape index (κ1) is 25.5. The summed E-state index contributed by atoms with van der Waals surface area (Å²) in [6.07, 6.45) is 2.39. The van der Waals surface area contributed by atoms with E-state index >= 15 is 0 Å². The van der Waals surface area contributed by atoms with Gasteiger partial charge in [0.15, 0.2) is 0 Å². The van der Waals surface area contributed by atoms with E-state index in [0.29, 0.717) is 43.6 Å². The van der Waals surface area contributed by atoms with E-state index < -0.39 is 20.7 Å². The Labute approximate surface area is 220 Å². The fourth-order valence-electron chi connectivity index (χ4n) is 4.79. The van der Waals surface area contributed by atoms with Crippen LogP contribution in [0.5, 0.6) is 0 Å². The summed E-state index contributed by atoms with van der Waals surface area (Å²) in [5.41, 5.74) is 2.48. The minimum atomic E-state index is -3.70. The monoisotopic (exact) mass is 532 g/mol. The molecule has 3 aromatic rings. The molecular weight excluding hydrogens is 504 g/mol. The van der Waals surface area contributed by atoms with Gasteiger partial charge in [0.05, 0.1) is 22.8 Å². The van der Waals surface area contributed by atoms with Gasteiger partial charge in [0.1, 0.15) is 16.6 Å². The van der Waals surface area contributed by atoms with Gasteiger partial charge in [0, 0.05) is 45.7 Å². The van der Waals surface area contributed by atoms with Crippen LogP contribution < -0.4 is 15.8 Å². The Bertz CT molecular complexity index is 1650. The van der Waals surface area contributed by atoms with Gasteiger partial charge in [-0.1, -0.05) is 24.3 Å². The average molecular weight is 533 g/mol. The SMILES string of the molecule is CN(C)/C=N/S(=O)(=O)C1(CN2CCn3c(=O)c(C(=O)NCc4ccc(C#N)cc4)cc4cccc2c43)CC1. The first-order valence-electron chi connectivity index (χ1n) is 12.3. The Morgan fingerprint density at radius 1 is 1.18 bits per heavy atom.